The van der Waals surface area contributed by atoms with Crippen LogP contribution in [0.2, 0.25) is 0 Å². The molecule has 0 aliphatic carbocycles. The average molecular weight is 197 g/mol. The first-order valence-corrected chi connectivity index (χ1v) is 4.62. The molecule has 0 spiro atoms. The normalized spacial score (nSPS) is 9.77. The summed E-state index contributed by atoms with van der Waals surface area (Å²) in [5, 5.41) is 0. The monoisotopic (exact) mass is 196 g/mol. The maximum atomic E-state index is 5.71. The Kier molecular flexibility index (Phi) is 3.38. The summed E-state index contributed by atoms with van der Waals surface area (Å²) >= 11 is 5.71. The Morgan fingerprint density at radius 2 is 2.23 bits per heavy atom. The van der Waals surface area contributed by atoms with Gasteiger partial charge in [-0.25, -0.2) is 0 Å². The lowest BCUT2D eigenvalue weighted by atomic mass is 10.0. The van der Waals surface area contributed by atoms with Crippen LogP contribution in [-0.4, -0.2) is 13.0 Å². The first-order valence-electron chi connectivity index (χ1n) is 4.08. The van der Waals surface area contributed by atoms with Gasteiger partial charge in [0.15, 0.2) is 0 Å². The first-order chi connectivity index (χ1) is 6.20. The molecule has 0 amide bonds. The van der Waals surface area contributed by atoms with E-state index in [0.29, 0.717) is 5.88 Å². The number of hydrogen-bond acceptors (Lipinski definition) is 1. The van der Waals surface area contributed by atoms with Crippen molar-refractivity contribution in [3.63, 3.8) is 0 Å². The van der Waals surface area contributed by atoms with Crippen LogP contribution in [0.15, 0.2) is 24.8 Å². The maximum absolute atomic E-state index is 5.71. The van der Waals surface area contributed by atoms with Crippen LogP contribution in [0.5, 0.6) is 5.75 Å². The van der Waals surface area contributed by atoms with Gasteiger partial charge in [0.25, 0.3) is 0 Å². The topological polar surface area (TPSA) is 9.23 Å². The van der Waals surface area contributed by atoms with E-state index in [4.69, 9.17) is 16.3 Å². The lowest BCUT2D eigenvalue weighted by Crippen LogP contribution is -1.93. The number of alkyl halides is 1. The molecule has 1 aromatic carbocycles. The standard InChI is InChI=1S/C11H13ClO/c1-8(7-12)10-5-4-6-11(13-3)9(10)2/h4-6H,1,7H2,2-3H3. The lowest BCUT2D eigenvalue weighted by molar-refractivity contribution is 0.411. The zero-order valence-electron chi connectivity index (χ0n) is 7.93. The van der Waals surface area contributed by atoms with E-state index in [1.165, 1.54) is 0 Å². The molecule has 0 fully saturated rings. The van der Waals surface area contributed by atoms with Crippen LogP contribution in [-0.2, 0) is 0 Å². The molecule has 0 aliphatic heterocycles. The van der Waals surface area contributed by atoms with Gasteiger partial charge in [0.1, 0.15) is 5.75 Å². The smallest absolute Gasteiger partial charge is 0.122 e. The number of hydrogen-bond donors (Lipinski definition) is 0. The Balaban J connectivity index is 3.15. The second-order valence-electron chi connectivity index (χ2n) is 2.87. The quantitative estimate of drug-likeness (QED) is 0.675. The molecule has 0 bridgehead atoms. The van der Waals surface area contributed by atoms with E-state index in [2.05, 4.69) is 6.58 Å². The predicted octanol–water partition coefficient (Wildman–Crippen LogP) is 3.26. The highest BCUT2D eigenvalue weighted by molar-refractivity contribution is 6.23. The summed E-state index contributed by atoms with van der Waals surface area (Å²) in [6.07, 6.45) is 0. The van der Waals surface area contributed by atoms with E-state index in [1.54, 1.807) is 7.11 Å². The number of methoxy groups -OCH3 is 1. The van der Waals surface area contributed by atoms with Crippen molar-refractivity contribution < 1.29 is 4.74 Å². The summed E-state index contributed by atoms with van der Waals surface area (Å²) in [5.41, 5.74) is 3.10. The predicted molar refractivity (Wildman–Crippen MR) is 57.5 cm³/mol. The highest BCUT2D eigenvalue weighted by atomic mass is 35.5. The summed E-state index contributed by atoms with van der Waals surface area (Å²) in [7, 11) is 1.66. The molecule has 0 saturated heterocycles. The highest BCUT2D eigenvalue weighted by Crippen LogP contribution is 2.26. The third-order valence-corrected chi connectivity index (χ3v) is 2.37. The van der Waals surface area contributed by atoms with E-state index >= 15 is 0 Å². The third kappa shape index (κ3) is 2.04. The molecule has 0 aromatic heterocycles. The Hall–Kier alpha value is -0.950. The molecular weight excluding hydrogens is 184 g/mol. The van der Waals surface area contributed by atoms with E-state index in [1.807, 2.05) is 25.1 Å². The van der Waals surface area contributed by atoms with Crippen molar-refractivity contribution in [2.45, 2.75) is 6.92 Å². The van der Waals surface area contributed by atoms with Gasteiger partial charge >= 0.3 is 0 Å². The lowest BCUT2D eigenvalue weighted by Gasteiger charge is -2.10. The molecule has 0 heterocycles. The van der Waals surface area contributed by atoms with E-state index in [9.17, 15) is 0 Å². The highest BCUT2D eigenvalue weighted by Gasteiger charge is 2.05. The van der Waals surface area contributed by atoms with Gasteiger partial charge in [-0.2, -0.15) is 0 Å². The van der Waals surface area contributed by atoms with Gasteiger partial charge in [0, 0.05) is 5.88 Å². The van der Waals surface area contributed by atoms with E-state index in [0.717, 1.165) is 22.4 Å². The van der Waals surface area contributed by atoms with Gasteiger partial charge in [-0.1, -0.05) is 18.7 Å². The Labute approximate surface area is 84.0 Å². The van der Waals surface area contributed by atoms with E-state index in [-0.39, 0.29) is 0 Å². The summed E-state index contributed by atoms with van der Waals surface area (Å²) in [5.74, 6) is 1.33. The SMILES string of the molecule is C=C(CCl)c1cccc(OC)c1C. The number of ether oxygens (including phenoxy) is 1. The summed E-state index contributed by atoms with van der Waals surface area (Å²) in [4.78, 5) is 0. The summed E-state index contributed by atoms with van der Waals surface area (Å²) in [6, 6.07) is 5.88. The van der Waals surface area contributed by atoms with Crippen molar-refractivity contribution in [3.05, 3.63) is 35.9 Å². The Morgan fingerprint density at radius 3 is 2.77 bits per heavy atom. The van der Waals surface area contributed by atoms with Crippen LogP contribution in [0.4, 0.5) is 0 Å². The van der Waals surface area contributed by atoms with Crippen LogP contribution in [0.25, 0.3) is 5.57 Å². The molecule has 1 nitrogen and oxygen atoms in total. The van der Waals surface area contributed by atoms with Crippen LogP contribution < -0.4 is 4.74 Å². The summed E-state index contributed by atoms with van der Waals surface area (Å²) in [6.45, 7) is 5.90. The third-order valence-electron chi connectivity index (χ3n) is 2.05. The molecule has 1 rings (SSSR count). The number of allylic oxidation sites excluding steroid dienone is 1. The second-order valence-corrected chi connectivity index (χ2v) is 3.14. The van der Waals surface area contributed by atoms with Crippen molar-refractivity contribution in [1.82, 2.24) is 0 Å². The molecule has 0 N–H and O–H groups in total. The molecule has 0 unspecified atom stereocenters. The molecule has 1 aromatic rings. The van der Waals surface area contributed by atoms with Crippen LogP contribution in [0, 0.1) is 6.92 Å². The van der Waals surface area contributed by atoms with Gasteiger partial charge in [-0.15, -0.1) is 11.6 Å². The van der Waals surface area contributed by atoms with Gasteiger partial charge in [-0.3, -0.25) is 0 Å². The van der Waals surface area contributed by atoms with Crippen LogP contribution in [0.1, 0.15) is 11.1 Å². The minimum absolute atomic E-state index is 0.452. The molecule has 70 valence electrons. The van der Waals surface area contributed by atoms with Gasteiger partial charge < -0.3 is 4.74 Å². The molecule has 0 saturated carbocycles. The fraction of sp³-hybridized carbons (Fsp3) is 0.273. The number of rotatable bonds is 3. The molecule has 0 atom stereocenters. The van der Waals surface area contributed by atoms with Gasteiger partial charge in [-0.05, 0) is 29.7 Å². The Morgan fingerprint density at radius 1 is 1.54 bits per heavy atom. The van der Waals surface area contributed by atoms with Gasteiger partial charge in [0.2, 0.25) is 0 Å². The molecule has 2 heteroatoms. The van der Waals surface area contributed by atoms with Crippen molar-refractivity contribution >= 4 is 17.2 Å². The molecular formula is C11H13ClO. The van der Waals surface area contributed by atoms with Crippen molar-refractivity contribution in [2.75, 3.05) is 13.0 Å². The van der Waals surface area contributed by atoms with Crippen molar-refractivity contribution in [1.29, 1.82) is 0 Å². The average Bonchev–Trinajstić information content (AvgIpc) is 2.17. The molecule has 0 aliphatic rings. The zero-order chi connectivity index (χ0) is 9.84. The van der Waals surface area contributed by atoms with Crippen LogP contribution in [0.3, 0.4) is 0 Å². The van der Waals surface area contributed by atoms with Crippen LogP contribution >= 0.6 is 11.6 Å². The minimum Gasteiger partial charge on any atom is -0.496 e. The van der Waals surface area contributed by atoms with E-state index < -0.39 is 0 Å². The summed E-state index contributed by atoms with van der Waals surface area (Å²) < 4.78 is 5.20. The molecule has 0 radical (unpaired) electrons. The zero-order valence-corrected chi connectivity index (χ0v) is 8.69. The number of benzene rings is 1. The molecule has 13 heavy (non-hydrogen) atoms. The first kappa shape index (κ1) is 10.1. The minimum atomic E-state index is 0.452. The largest absolute Gasteiger partial charge is 0.496 e. The fourth-order valence-electron chi connectivity index (χ4n) is 1.29. The fourth-order valence-corrected chi connectivity index (χ4v) is 1.43. The second kappa shape index (κ2) is 4.33. The van der Waals surface area contributed by atoms with Crippen molar-refractivity contribution in [2.24, 2.45) is 0 Å². The maximum Gasteiger partial charge on any atom is 0.122 e. The Bertz CT molecular complexity index is 318. The van der Waals surface area contributed by atoms with Gasteiger partial charge in [0.05, 0.1) is 7.11 Å². The number of halogens is 1. The van der Waals surface area contributed by atoms with Crippen molar-refractivity contribution in [3.8, 4) is 5.75 Å².